The Bertz CT molecular complexity index is 495. The average molecular weight is 387 g/mol. The van der Waals surface area contributed by atoms with E-state index in [1.54, 1.807) is 0 Å². The lowest BCUT2D eigenvalue weighted by molar-refractivity contribution is -0.135. The van der Waals surface area contributed by atoms with E-state index in [1.807, 2.05) is 0 Å². The highest BCUT2D eigenvalue weighted by Gasteiger charge is 2.26. The van der Waals surface area contributed by atoms with Gasteiger partial charge in [0, 0.05) is 13.0 Å². The molecule has 1 N–H and O–H groups in total. The standard InChI is InChI=1S/C8H8BrClF3NO2S2/c9-7-5(10)4-6(17-7)18(15,16)14-3-1-2-8(11,12)13/h4,14H,1-3H2. The van der Waals surface area contributed by atoms with E-state index in [2.05, 4.69) is 20.7 Å². The van der Waals surface area contributed by atoms with Crippen molar-refractivity contribution in [1.82, 2.24) is 4.72 Å². The van der Waals surface area contributed by atoms with Gasteiger partial charge in [-0.05, 0) is 28.4 Å². The molecule has 0 aliphatic carbocycles. The molecule has 0 amide bonds. The highest BCUT2D eigenvalue weighted by Crippen LogP contribution is 2.34. The van der Waals surface area contributed by atoms with E-state index >= 15 is 0 Å². The maximum absolute atomic E-state index is 11.9. The third kappa shape index (κ3) is 5.04. The third-order valence-corrected chi connectivity index (χ3v) is 6.23. The van der Waals surface area contributed by atoms with Gasteiger partial charge >= 0.3 is 6.18 Å². The molecule has 0 saturated heterocycles. The molecule has 0 unspecified atom stereocenters. The Hall–Kier alpha value is 0.170. The maximum Gasteiger partial charge on any atom is 0.389 e. The average Bonchev–Trinajstić information content (AvgIpc) is 2.54. The van der Waals surface area contributed by atoms with Crippen LogP contribution in [0.1, 0.15) is 12.8 Å². The third-order valence-electron chi connectivity index (χ3n) is 1.82. The minimum atomic E-state index is -4.28. The topological polar surface area (TPSA) is 46.2 Å². The molecule has 1 heterocycles. The molecule has 0 aromatic carbocycles. The van der Waals surface area contributed by atoms with Crippen molar-refractivity contribution >= 4 is 48.9 Å². The summed E-state index contributed by atoms with van der Waals surface area (Å²) in [6.07, 6.45) is -5.60. The first-order valence-corrected chi connectivity index (χ1v) is 8.10. The van der Waals surface area contributed by atoms with E-state index in [0.717, 1.165) is 11.3 Å². The molecule has 104 valence electrons. The monoisotopic (exact) mass is 385 g/mol. The Morgan fingerprint density at radius 1 is 1.44 bits per heavy atom. The summed E-state index contributed by atoms with van der Waals surface area (Å²) in [4.78, 5) is 0. The molecule has 10 heteroatoms. The number of rotatable bonds is 5. The molecule has 1 rings (SSSR count). The fourth-order valence-electron chi connectivity index (χ4n) is 1.03. The number of sulfonamides is 1. The van der Waals surface area contributed by atoms with E-state index in [0.29, 0.717) is 3.79 Å². The zero-order valence-corrected chi connectivity index (χ0v) is 12.7. The summed E-state index contributed by atoms with van der Waals surface area (Å²) in [5, 5.41) is 0.246. The van der Waals surface area contributed by atoms with Crippen LogP contribution in [0.15, 0.2) is 14.1 Å². The summed E-state index contributed by atoms with van der Waals surface area (Å²) in [6, 6.07) is 1.24. The fourth-order valence-corrected chi connectivity index (χ4v) is 4.54. The number of hydrogen-bond donors (Lipinski definition) is 1. The summed E-state index contributed by atoms with van der Waals surface area (Å²) in [7, 11) is -3.79. The molecule has 0 saturated carbocycles. The molecule has 3 nitrogen and oxygen atoms in total. The van der Waals surface area contributed by atoms with Crippen molar-refractivity contribution in [3.05, 3.63) is 14.9 Å². The van der Waals surface area contributed by atoms with Gasteiger partial charge in [-0.15, -0.1) is 11.3 Å². The van der Waals surface area contributed by atoms with Gasteiger partial charge in [0.1, 0.15) is 4.21 Å². The largest absolute Gasteiger partial charge is 0.389 e. The van der Waals surface area contributed by atoms with Crippen molar-refractivity contribution in [2.75, 3.05) is 6.54 Å². The summed E-state index contributed by atoms with van der Waals surface area (Å²) >= 11 is 9.64. The summed E-state index contributed by atoms with van der Waals surface area (Å²) < 4.78 is 61.4. The Morgan fingerprint density at radius 3 is 2.50 bits per heavy atom. The molecule has 18 heavy (non-hydrogen) atoms. The van der Waals surface area contributed by atoms with Crippen LogP contribution in [-0.2, 0) is 10.0 Å². The van der Waals surface area contributed by atoms with Gasteiger partial charge in [0.25, 0.3) is 0 Å². The van der Waals surface area contributed by atoms with Gasteiger partial charge in [-0.2, -0.15) is 13.2 Å². The Morgan fingerprint density at radius 2 is 2.06 bits per heavy atom. The van der Waals surface area contributed by atoms with Crippen LogP contribution < -0.4 is 4.72 Å². The minimum Gasteiger partial charge on any atom is -0.210 e. The van der Waals surface area contributed by atoms with Gasteiger partial charge in [0.05, 0.1) is 8.81 Å². The molecule has 0 spiro atoms. The first-order chi connectivity index (χ1) is 8.12. The van der Waals surface area contributed by atoms with E-state index in [4.69, 9.17) is 11.6 Å². The van der Waals surface area contributed by atoms with E-state index in [1.165, 1.54) is 6.07 Å². The van der Waals surface area contributed by atoms with Crippen LogP contribution in [-0.4, -0.2) is 21.1 Å². The van der Waals surface area contributed by atoms with Gasteiger partial charge < -0.3 is 0 Å². The SMILES string of the molecule is O=S(=O)(NCCCC(F)(F)F)c1cc(Cl)c(Br)s1. The smallest absolute Gasteiger partial charge is 0.210 e. The van der Waals surface area contributed by atoms with Gasteiger partial charge in [0.2, 0.25) is 10.0 Å². The molecule has 1 aromatic heterocycles. The van der Waals surface area contributed by atoms with Crippen LogP contribution in [0.4, 0.5) is 13.2 Å². The molecule has 0 radical (unpaired) electrons. The lowest BCUT2D eigenvalue weighted by Gasteiger charge is -2.06. The molecular weight excluding hydrogens is 379 g/mol. The van der Waals surface area contributed by atoms with Crippen molar-refractivity contribution < 1.29 is 21.6 Å². The van der Waals surface area contributed by atoms with Crippen LogP contribution in [0.25, 0.3) is 0 Å². The van der Waals surface area contributed by atoms with Crippen molar-refractivity contribution in [3.8, 4) is 0 Å². The summed E-state index contributed by atoms with van der Waals surface area (Å²) in [5.74, 6) is 0. The number of alkyl halides is 3. The highest BCUT2D eigenvalue weighted by molar-refractivity contribution is 9.11. The molecule has 0 atom stereocenters. The van der Waals surface area contributed by atoms with Crippen LogP contribution in [0, 0.1) is 0 Å². The predicted octanol–water partition coefficient (Wildman–Crippen LogP) is 3.78. The van der Waals surface area contributed by atoms with Gasteiger partial charge in [0.15, 0.2) is 0 Å². The Labute approximate surface area is 120 Å². The lowest BCUT2D eigenvalue weighted by Crippen LogP contribution is -2.25. The number of halogens is 5. The maximum atomic E-state index is 11.9. The number of hydrogen-bond acceptors (Lipinski definition) is 3. The first kappa shape index (κ1) is 16.2. The summed E-state index contributed by atoms with van der Waals surface area (Å²) in [6.45, 7) is -0.269. The highest BCUT2D eigenvalue weighted by atomic mass is 79.9. The normalized spacial score (nSPS) is 12.9. The van der Waals surface area contributed by atoms with Gasteiger partial charge in [-0.25, -0.2) is 13.1 Å². The van der Waals surface area contributed by atoms with Crippen LogP contribution >= 0.6 is 38.9 Å². The Kier molecular flexibility index (Phi) is 5.48. The molecule has 1 aromatic rings. The lowest BCUT2D eigenvalue weighted by atomic mass is 10.3. The quantitative estimate of drug-likeness (QED) is 0.783. The van der Waals surface area contributed by atoms with Crippen molar-refractivity contribution in [3.63, 3.8) is 0 Å². The molecule has 0 bridgehead atoms. The molecular formula is C8H8BrClF3NO2S2. The summed E-state index contributed by atoms with van der Waals surface area (Å²) in [5.41, 5.74) is 0. The van der Waals surface area contributed by atoms with E-state index in [-0.39, 0.29) is 22.2 Å². The second-order valence-electron chi connectivity index (χ2n) is 3.30. The first-order valence-electron chi connectivity index (χ1n) is 4.63. The number of thiophene rings is 1. The van der Waals surface area contributed by atoms with Crippen LogP contribution in [0.2, 0.25) is 5.02 Å². The van der Waals surface area contributed by atoms with Crippen LogP contribution in [0.5, 0.6) is 0 Å². The molecule has 0 aliphatic heterocycles. The zero-order chi connectivity index (χ0) is 14.0. The predicted molar refractivity (Wildman–Crippen MR) is 67.5 cm³/mol. The molecule has 0 aliphatic rings. The zero-order valence-electron chi connectivity index (χ0n) is 8.72. The van der Waals surface area contributed by atoms with E-state index < -0.39 is 22.6 Å². The second-order valence-corrected chi connectivity index (χ2v) is 8.07. The van der Waals surface area contributed by atoms with Gasteiger partial charge in [-0.3, -0.25) is 0 Å². The van der Waals surface area contributed by atoms with Crippen LogP contribution in [0.3, 0.4) is 0 Å². The van der Waals surface area contributed by atoms with Gasteiger partial charge in [-0.1, -0.05) is 11.6 Å². The fraction of sp³-hybridized carbons (Fsp3) is 0.500. The van der Waals surface area contributed by atoms with Crippen molar-refractivity contribution in [2.24, 2.45) is 0 Å². The second kappa shape index (κ2) is 6.08. The minimum absolute atomic E-state index is 0.0358. The Balaban J connectivity index is 2.56. The van der Waals surface area contributed by atoms with Crippen molar-refractivity contribution in [2.45, 2.75) is 23.2 Å². The van der Waals surface area contributed by atoms with E-state index in [9.17, 15) is 21.6 Å². The number of nitrogens with one attached hydrogen (secondary N) is 1. The molecule has 0 fully saturated rings. The van der Waals surface area contributed by atoms with Crippen molar-refractivity contribution in [1.29, 1.82) is 0 Å².